The molecule has 8 rings (SSSR count). The van der Waals surface area contributed by atoms with Gasteiger partial charge in [0.2, 0.25) is 11.9 Å². The Bertz CT molecular complexity index is 2210. The van der Waals surface area contributed by atoms with Crippen LogP contribution in [0.1, 0.15) is 32.6 Å². The lowest BCUT2D eigenvalue weighted by Gasteiger charge is -2.32. The van der Waals surface area contributed by atoms with Crippen molar-refractivity contribution in [3.05, 3.63) is 113 Å². The predicted octanol–water partition coefficient (Wildman–Crippen LogP) is 5.00. The second-order valence-corrected chi connectivity index (χ2v) is 15.4. The van der Waals surface area contributed by atoms with Gasteiger partial charge in [0.15, 0.2) is 0 Å². The van der Waals surface area contributed by atoms with Gasteiger partial charge in [0, 0.05) is 102 Å². The first-order valence-corrected chi connectivity index (χ1v) is 20.4. The Morgan fingerprint density at radius 1 is 0.750 bits per heavy atom. The Hall–Kier alpha value is -6.32. The van der Waals surface area contributed by atoms with Crippen molar-refractivity contribution in [1.29, 1.82) is 0 Å². The number of aromatic nitrogens is 4. The molecule has 0 saturated carbocycles. The zero-order valence-electron chi connectivity index (χ0n) is 34.8. The van der Waals surface area contributed by atoms with Crippen LogP contribution in [0.4, 0.5) is 22.5 Å². The molecule has 2 aromatic heterocycles. The van der Waals surface area contributed by atoms with Crippen molar-refractivity contribution < 1.29 is 23.8 Å². The summed E-state index contributed by atoms with van der Waals surface area (Å²) in [6, 6.07) is 23.4. The summed E-state index contributed by atoms with van der Waals surface area (Å²) in [5.74, 6) is 3.29. The molecule has 2 fully saturated rings. The van der Waals surface area contributed by atoms with E-state index < -0.39 is 0 Å². The smallest absolute Gasteiger partial charge is 0.325 e. The summed E-state index contributed by atoms with van der Waals surface area (Å²) in [5, 5.41) is 0. The maximum atomic E-state index is 14.3. The number of rotatable bonds is 12. The zero-order valence-corrected chi connectivity index (χ0v) is 34.8. The molecule has 0 radical (unpaired) electrons. The highest BCUT2D eigenvalue weighted by atomic mass is 16.5. The van der Waals surface area contributed by atoms with Crippen LogP contribution < -0.4 is 24.2 Å². The van der Waals surface area contributed by atoms with Crippen molar-refractivity contribution >= 4 is 29.7 Å². The number of benzene rings is 3. The molecule has 3 aliphatic rings. The van der Waals surface area contributed by atoms with Crippen molar-refractivity contribution in [2.45, 2.75) is 26.1 Å². The predicted molar refractivity (Wildman–Crippen MR) is 230 cm³/mol. The minimum Gasteiger partial charge on any atom is -0.497 e. The number of urea groups is 1. The van der Waals surface area contributed by atoms with E-state index in [0.717, 1.165) is 52.4 Å². The molecule has 0 N–H and O–H groups in total. The van der Waals surface area contributed by atoms with E-state index in [-0.39, 0.29) is 11.9 Å². The number of carbonyl (C=O) groups excluding carboxylic acids is 2. The number of hydrogen-bond acceptors (Lipinski definition) is 12. The van der Waals surface area contributed by atoms with Gasteiger partial charge in [-0.15, -0.1) is 0 Å². The van der Waals surface area contributed by atoms with Crippen LogP contribution in [0.25, 0.3) is 11.3 Å². The Labute approximate surface area is 351 Å². The molecule has 0 bridgehead atoms. The van der Waals surface area contributed by atoms with Gasteiger partial charge in [-0.25, -0.2) is 19.7 Å². The average molecular weight is 813 g/mol. The molecule has 3 aliphatic heterocycles. The van der Waals surface area contributed by atoms with Crippen molar-refractivity contribution in [2.24, 2.45) is 0 Å². The number of nitrogens with zero attached hydrogens (tertiary/aromatic N) is 10. The molecule has 3 amide bonds. The number of methoxy groups -OCH3 is 2. The first kappa shape index (κ1) is 40.5. The van der Waals surface area contributed by atoms with E-state index in [4.69, 9.17) is 34.1 Å². The lowest BCUT2D eigenvalue weighted by molar-refractivity contribution is 0.0664. The Morgan fingerprint density at radius 2 is 1.38 bits per heavy atom. The van der Waals surface area contributed by atoms with Gasteiger partial charge in [0.05, 0.1) is 33.1 Å². The summed E-state index contributed by atoms with van der Waals surface area (Å²) in [6.07, 6.45) is 4.21. The molecule has 60 heavy (non-hydrogen) atoms. The molecule has 0 unspecified atom stereocenters. The normalized spacial score (nSPS) is 15.4. The van der Waals surface area contributed by atoms with E-state index in [1.54, 1.807) is 31.1 Å². The lowest BCUT2D eigenvalue weighted by atomic mass is 10.1. The zero-order chi connectivity index (χ0) is 41.6. The fourth-order valence-electron chi connectivity index (χ4n) is 7.82. The second kappa shape index (κ2) is 18.3. The number of likely N-dealkylation sites (N-methyl/N-ethyl adjacent to an activating group) is 1. The van der Waals surface area contributed by atoms with Gasteiger partial charge in [-0.3, -0.25) is 9.69 Å². The Morgan fingerprint density at radius 3 is 2.00 bits per heavy atom. The third-order valence-electron chi connectivity index (χ3n) is 11.3. The van der Waals surface area contributed by atoms with Gasteiger partial charge in [-0.2, -0.15) is 4.98 Å². The number of hydrogen-bond donors (Lipinski definition) is 0. The minimum absolute atomic E-state index is 0.0199. The van der Waals surface area contributed by atoms with Crippen LogP contribution in [0.3, 0.4) is 0 Å². The topological polar surface area (TPSA) is 133 Å². The quantitative estimate of drug-likeness (QED) is 0.168. The molecule has 2 saturated heterocycles. The van der Waals surface area contributed by atoms with Crippen molar-refractivity contribution in [2.75, 3.05) is 102 Å². The monoisotopic (exact) mass is 812 g/mol. The first-order valence-electron chi connectivity index (χ1n) is 20.4. The van der Waals surface area contributed by atoms with Crippen LogP contribution in [-0.4, -0.2) is 134 Å². The van der Waals surface area contributed by atoms with Crippen molar-refractivity contribution in [1.82, 2.24) is 34.6 Å². The van der Waals surface area contributed by atoms with E-state index in [1.807, 2.05) is 90.1 Å². The summed E-state index contributed by atoms with van der Waals surface area (Å²) in [7, 11) is 7.18. The molecule has 0 spiro atoms. The molecule has 0 atom stereocenters. The summed E-state index contributed by atoms with van der Waals surface area (Å²) < 4.78 is 16.4. The maximum Gasteiger partial charge on any atom is 0.325 e. The van der Waals surface area contributed by atoms with Crippen LogP contribution in [0.2, 0.25) is 0 Å². The molecule has 0 aliphatic carbocycles. The fourth-order valence-corrected chi connectivity index (χ4v) is 7.82. The van der Waals surface area contributed by atoms with Gasteiger partial charge in [0.25, 0.3) is 5.91 Å². The highest BCUT2D eigenvalue weighted by Crippen LogP contribution is 2.36. The lowest BCUT2D eigenvalue weighted by Crippen LogP contribution is -2.47. The van der Waals surface area contributed by atoms with Crippen LogP contribution in [-0.2, 0) is 30.8 Å². The van der Waals surface area contributed by atoms with Gasteiger partial charge in [-0.1, -0.05) is 36.4 Å². The second-order valence-electron chi connectivity index (χ2n) is 15.4. The van der Waals surface area contributed by atoms with Crippen LogP contribution >= 0.6 is 0 Å². The molecule has 15 heteroatoms. The summed E-state index contributed by atoms with van der Waals surface area (Å²) >= 11 is 0. The average Bonchev–Trinajstić information content (AvgIpc) is 3.73. The first-order chi connectivity index (χ1) is 29.3. The highest BCUT2D eigenvalue weighted by molar-refractivity contribution is 5.95. The molecule has 5 aromatic rings. The third kappa shape index (κ3) is 9.11. The van der Waals surface area contributed by atoms with Crippen LogP contribution in [0.15, 0.2) is 85.2 Å². The molecule has 312 valence electrons. The largest absolute Gasteiger partial charge is 0.497 e. The van der Waals surface area contributed by atoms with Gasteiger partial charge in [-0.05, 0) is 66.6 Å². The Balaban J connectivity index is 1.05. The van der Waals surface area contributed by atoms with Crippen LogP contribution in [0, 0.1) is 0 Å². The SMILES string of the molecule is COc1ccc(CN(Cc2ccc(OC)cc2)c2ncc(-c3nc(N4CCOCC4)nc4c3CCN4C(=O)N(C)Cc3cccc(C(=O)N4CCN(C)CC4)c3)cn2)cc1. The number of piperazine rings is 1. The number of amides is 3. The number of anilines is 3. The summed E-state index contributed by atoms with van der Waals surface area (Å²) in [5.41, 5.74) is 6.01. The van der Waals surface area contributed by atoms with Gasteiger partial charge in [0.1, 0.15) is 17.3 Å². The van der Waals surface area contributed by atoms with E-state index in [9.17, 15) is 9.59 Å². The van der Waals surface area contributed by atoms with E-state index in [1.165, 1.54) is 0 Å². The standard InChI is InChI=1S/C45H52N10O5/c1-50-18-20-52(21-19-50)42(56)35-7-5-6-34(26-35)29-51(2)45(57)55-17-16-39-40(48-44(49-41(39)55)53-22-24-60-25-23-53)36-27-46-43(47-28-36)54(30-32-8-12-37(58-3)13-9-32)31-33-10-14-38(59-4)15-11-33/h5-15,26-28H,16-25,29-31H2,1-4H3. The fraction of sp³-hybridized carbons (Fsp3) is 0.378. The maximum absolute atomic E-state index is 14.3. The number of fused-ring (bicyclic) bond motifs is 1. The molecular weight excluding hydrogens is 761 g/mol. The molecule has 15 nitrogen and oxygen atoms in total. The third-order valence-corrected chi connectivity index (χ3v) is 11.3. The van der Waals surface area contributed by atoms with E-state index >= 15 is 0 Å². The number of ether oxygens (including phenoxy) is 3. The number of morpholine rings is 1. The van der Waals surface area contributed by atoms with Crippen molar-refractivity contribution in [3.8, 4) is 22.8 Å². The van der Waals surface area contributed by atoms with E-state index in [2.05, 4.69) is 21.7 Å². The summed E-state index contributed by atoms with van der Waals surface area (Å²) in [6.45, 7) is 7.43. The molecular formula is C45H52N10O5. The van der Waals surface area contributed by atoms with Gasteiger partial charge < -0.3 is 38.7 Å². The Kier molecular flexibility index (Phi) is 12.3. The van der Waals surface area contributed by atoms with Gasteiger partial charge >= 0.3 is 6.03 Å². The molecule has 5 heterocycles. The number of carbonyl (C=O) groups is 2. The van der Waals surface area contributed by atoms with E-state index in [0.29, 0.717) is 101 Å². The van der Waals surface area contributed by atoms with Crippen LogP contribution in [0.5, 0.6) is 11.5 Å². The highest BCUT2D eigenvalue weighted by Gasteiger charge is 2.33. The minimum atomic E-state index is -0.179. The molecule has 3 aromatic carbocycles. The van der Waals surface area contributed by atoms with Crippen molar-refractivity contribution in [3.63, 3.8) is 0 Å². The summed E-state index contributed by atoms with van der Waals surface area (Å²) in [4.78, 5) is 59.4.